The molecular weight excluding hydrogens is 236 g/mol. The molecule has 1 aromatic heterocycles. The van der Waals surface area contributed by atoms with Crippen LogP contribution < -0.4 is 4.84 Å². The Hall–Kier alpha value is -2.63. The molecule has 0 unspecified atom stereocenters. The fourth-order valence-corrected chi connectivity index (χ4v) is 1.34. The van der Waals surface area contributed by atoms with Crippen molar-refractivity contribution in [3.8, 4) is 0 Å². The molecule has 0 aliphatic carbocycles. The van der Waals surface area contributed by atoms with Crippen molar-refractivity contribution in [3.05, 3.63) is 54.1 Å². The van der Waals surface area contributed by atoms with E-state index in [1.807, 2.05) is 0 Å². The number of ether oxygens (including phenoxy) is 1. The van der Waals surface area contributed by atoms with Gasteiger partial charge in [-0.25, -0.2) is 14.6 Å². The van der Waals surface area contributed by atoms with Gasteiger partial charge < -0.3 is 9.57 Å². The minimum Gasteiger partial charge on any atom is -0.465 e. The van der Waals surface area contributed by atoms with Gasteiger partial charge in [0, 0.05) is 6.20 Å². The number of benzene rings is 1. The van der Waals surface area contributed by atoms with Crippen LogP contribution in [-0.2, 0) is 4.74 Å². The molecular formula is C12H10N2O4. The Bertz CT molecular complexity index is 563. The lowest BCUT2D eigenvalue weighted by molar-refractivity contribution is 0.0460. The topological polar surface area (TPSA) is 70.4 Å². The number of nitrogens with zero attached hydrogens (tertiary/aromatic N) is 2. The van der Waals surface area contributed by atoms with E-state index in [1.54, 1.807) is 18.2 Å². The Kier molecular flexibility index (Phi) is 3.38. The lowest BCUT2D eigenvalue weighted by Crippen LogP contribution is -2.18. The summed E-state index contributed by atoms with van der Waals surface area (Å²) in [6, 6.07) is 6.09. The first-order valence-electron chi connectivity index (χ1n) is 5.09. The monoisotopic (exact) mass is 246 g/mol. The first-order valence-corrected chi connectivity index (χ1v) is 5.09. The number of aromatic nitrogens is 2. The molecule has 2 rings (SSSR count). The fourth-order valence-electron chi connectivity index (χ4n) is 1.34. The zero-order chi connectivity index (χ0) is 13.0. The zero-order valence-electron chi connectivity index (χ0n) is 9.57. The predicted molar refractivity (Wildman–Crippen MR) is 60.9 cm³/mol. The largest absolute Gasteiger partial charge is 0.465 e. The van der Waals surface area contributed by atoms with Crippen LogP contribution >= 0.6 is 0 Å². The SMILES string of the molecule is COC(=O)c1cccc(C(=O)On2ccnc2)c1. The predicted octanol–water partition coefficient (Wildman–Crippen LogP) is 0.939. The summed E-state index contributed by atoms with van der Waals surface area (Å²) < 4.78 is 5.74. The van der Waals surface area contributed by atoms with Gasteiger partial charge in [0.25, 0.3) is 0 Å². The number of esters is 1. The molecule has 0 saturated heterocycles. The summed E-state index contributed by atoms with van der Waals surface area (Å²) in [7, 11) is 1.28. The summed E-state index contributed by atoms with van der Waals surface area (Å²) in [4.78, 5) is 31.8. The lowest BCUT2D eigenvalue weighted by Gasteiger charge is -2.04. The van der Waals surface area contributed by atoms with Crippen LogP contribution in [0.5, 0.6) is 0 Å². The van der Waals surface area contributed by atoms with Crippen molar-refractivity contribution < 1.29 is 19.2 Å². The van der Waals surface area contributed by atoms with Crippen LogP contribution in [0.2, 0.25) is 0 Å². The number of carbonyl (C=O) groups excluding carboxylic acids is 2. The maximum absolute atomic E-state index is 11.8. The van der Waals surface area contributed by atoms with E-state index in [0.717, 1.165) is 0 Å². The molecule has 0 N–H and O–H groups in total. The van der Waals surface area contributed by atoms with Crippen molar-refractivity contribution in [3.63, 3.8) is 0 Å². The van der Waals surface area contributed by atoms with Crippen molar-refractivity contribution in [2.24, 2.45) is 0 Å². The van der Waals surface area contributed by atoms with Crippen LogP contribution in [0.4, 0.5) is 0 Å². The second-order valence-corrected chi connectivity index (χ2v) is 3.37. The third kappa shape index (κ3) is 2.54. The molecule has 0 bridgehead atoms. The molecule has 92 valence electrons. The van der Waals surface area contributed by atoms with Crippen LogP contribution in [0.25, 0.3) is 0 Å². The fraction of sp³-hybridized carbons (Fsp3) is 0.0833. The van der Waals surface area contributed by atoms with Gasteiger partial charge >= 0.3 is 11.9 Å². The van der Waals surface area contributed by atoms with E-state index in [1.165, 1.54) is 36.6 Å². The van der Waals surface area contributed by atoms with Crippen molar-refractivity contribution in [2.45, 2.75) is 0 Å². The van der Waals surface area contributed by atoms with E-state index in [0.29, 0.717) is 0 Å². The standard InChI is InChI=1S/C12H10N2O4/c1-17-11(15)9-3-2-4-10(7-9)12(16)18-14-6-5-13-8-14/h2-8H,1H3. The summed E-state index contributed by atoms with van der Waals surface area (Å²) >= 11 is 0. The maximum Gasteiger partial charge on any atom is 0.363 e. The van der Waals surface area contributed by atoms with Crippen molar-refractivity contribution >= 4 is 11.9 Å². The minimum absolute atomic E-state index is 0.256. The Morgan fingerprint density at radius 1 is 1.22 bits per heavy atom. The van der Waals surface area contributed by atoms with Crippen molar-refractivity contribution in [1.82, 2.24) is 9.71 Å². The first kappa shape index (κ1) is 11.8. The van der Waals surface area contributed by atoms with Crippen LogP contribution in [0.3, 0.4) is 0 Å². The molecule has 2 aromatic rings. The highest BCUT2D eigenvalue weighted by molar-refractivity contribution is 5.95. The summed E-state index contributed by atoms with van der Waals surface area (Å²) in [5.74, 6) is -1.09. The van der Waals surface area contributed by atoms with Crippen LogP contribution in [0.15, 0.2) is 43.0 Å². The number of carbonyl (C=O) groups is 2. The molecule has 0 spiro atoms. The van der Waals surface area contributed by atoms with Gasteiger partial charge in [0.1, 0.15) is 6.33 Å². The van der Waals surface area contributed by atoms with Crippen LogP contribution in [0.1, 0.15) is 20.7 Å². The Morgan fingerprint density at radius 2 is 1.94 bits per heavy atom. The molecule has 18 heavy (non-hydrogen) atoms. The number of imidazole rings is 1. The Balaban J connectivity index is 2.18. The highest BCUT2D eigenvalue weighted by Gasteiger charge is 2.12. The number of hydrogen-bond donors (Lipinski definition) is 0. The molecule has 0 radical (unpaired) electrons. The normalized spacial score (nSPS) is 9.83. The van der Waals surface area contributed by atoms with Gasteiger partial charge in [0.2, 0.25) is 0 Å². The molecule has 1 aromatic carbocycles. The van der Waals surface area contributed by atoms with Gasteiger partial charge in [-0.15, -0.1) is 0 Å². The van der Waals surface area contributed by atoms with Gasteiger partial charge in [-0.05, 0) is 18.2 Å². The average molecular weight is 246 g/mol. The Morgan fingerprint density at radius 3 is 2.56 bits per heavy atom. The molecule has 0 aliphatic heterocycles. The molecule has 6 heteroatoms. The summed E-state index contributed by atoms with van der Waals surface area (Å²) in [5.41, 5.74) is 0.546. The van der Waals surface area contributed by atoms with Gasteiger partial charge in [-0.1, -0.05) is 6.07 Å². The van der Waals surface area contributed by atoms with Gasteiger partial charge in [-0.3, -0.25) is 0 Å². The van der Waals surface area contributed by atoms with Crippen molar-refractivity contribution in [2.75, 3.05) is 7.11 Å². The maximum atomic E-state index is 11.8. The third-order valence-corrected chi connectivity index (χ3v) is 2.19. The molecule has 6 nitrogen and oxygen atoms in total. The van der Waals surface area contributed by atoms with Crippen LogP contribution in [0, 0.1) is 0 Å². The summed E-state index contributed by atoms with van der Waals surface area (Å²) in [6.45, 7) is 0. The highest BCUT2D eigenvalue weighted by atomic mass is 16.7. The van der Waals surface area contributed by atoms with Gasteiger partial charge in [-0.2, -0.15) is 4.73 Å². The number of methoxy groups -OCH3 is 1. The molecule has 0 amide bonds. The molecule has 1 heterocycles. The lowest BCUT2D eigenvalue weighted by atomic mass is 10.1. The second kappa shape index (κ2) is 5.13. The van der Waals surface area contributed by atoms with Gasteiger partial charge in [0.05, 0.1) is 24.4 Å². The molecule has 0 saturated carbocycles. The summed E-state index contributed by atoms with van der Waals surface area (Å²) in [6.07, 6.45) is 4.32. The number of hydrogen-bond acceptors (Lipinski definition) is 5. The highest BCUT2D eigenvalue weighted by Crippen LogP contribution is 2.07. The Labute approximate surface area is 103 Å². The van der Waals surface area contributed by atoms with E-state index in [4.69, 9.17) is 4.84 Å². The second-order valence-electron chi connectivity index (χ2n) is 3.37. The first-order chi connectivity index (χ1) is 8.70. The molecule has 0 fully saturated rings. The average Bonchev–Trinajstić information content (AvgIpc) is 2.90. The van der Waals surface area contributed by atoms with Crippen LogP contribution in [-0.4, -0.2) is 28.8 Å². The minimum atomic E-state index is -0.584. The quantitative estimate of drug-likeness (QED) is 0.754. The molecule has 0 atom stereocenters. The van der Waals surface area contributed by atoms with E-state index in [2.05, 4.69) is 9.72 Å². The van der Waals surface area contributed by atoms with E-state index < -0.39 is 11.9 Å². The number of rotatable bonds is 3. The smallest absolute Gasteiger partial charge is 0.363 e. The van der Waals surface area contributed by atoms with E-state index >= 15 is 0 Å². The summed E-state index contributed by atoms with van der Waals surface area (Å²) in [5, 5.41) is 0. The van der Waals surface area contributed by atoms with Crippen molar-refractivity contribution in [1.29, 1.82) is 0 Å². The third-order valence-electron chi connectivity index (χ3n) is 2.19. The van der Waals surface area contributed by atoms with E-state index in [-0.39, 0.29) is 11.1 Å². The zero-order valence-corrected chi connectivity index (χ0v) is 9.57. The van der Waals surface area contributed by atoms with E-state index in [9.17, 15) is 9.59 Å². The molecule has 0 aliphatic rings. The van der Waals surface area contributed by atoms with Gasteiger partial charge in [0.15, 0.2) is 0 Å².